The van der Waals surface area contributed by atoms with Crippen LogP contribution in [0.5, 0.6) is 17.2 Å². The Bertz CT molecular complexity index is 1300. The Hall–Kier alpha value is -3.17. The maximum Gasteiger partial charge on any atom is 0.133 e. The van der Waals surface area contributed by atoms with Crippen LogP contribution in [0.2, 0.25) is 0 Å². The van der Waals surface area contributed by atoms with Gasteiger partial charge in [0.15, 0.2) is 0 Å². The number of rotatable bonds is 6. The summed E-state index contributed by atoms with van der Waals surface area (Å²) in [5.74, 6) is 2.77. The molecule has 2 nitrogen and oxygen atoms in total. The van der Waals surface area contributed by atoms with Gasteiger partial charge in [-0.05, 0) is 127 Å². The van der Waals surface area contributed by atoms with Crippen LogP contribution in [0.3, 0.4) is 0 Å². The van der Waals surface area contributed by atoms with Crippen LogP contribution in [0, 0.1) is 34.6 Å². The SMILES string of the molecule is COc1c(C)cc(S(C)(C)c2cc(C)c(Oc3ccc(-c4ccc(C)cc4)cc3)c(C)c2)cc1C. The van der Waals surface area contributed by atoms with Crippen LogP contribution in [-0.4, -0.2) is 19.6 Å². The maximum atomic E-state index is 6.38. The minimum absolute atomic E-state index is 0.854. The van der Waals surface area contributed by atoms with Gasteiger partial charge in [0.1, 0.15) is 17.2 Å². The molecule has 0 bridgehead atoms. The summed E-state index contributed by atoms with van der Waals surface area (Å²) in [6.07, 6.45) is 4.73. The Morgan fingerprint density at radius 3 is 1.37 bits per heavy atom. The lowest BCUT2D eigenvalue weighted by molar-refractivity contribution is 0.408. The van der Waals surface area contributed by atoms with Gasteiger partial charge in [0.05, 0.1) is 7.11 Å². The Morgan fingerprint density at radius 2 is 0.943 bits per heavy atom. The molecule has 0 N–H and O–H groups in total. The van der Waals surface area contributed by atoms with Crippen molar-refractivity contribution in [2.24, 2.45) is 0 Å². The first-order chi connectivity index (χ1) is 16.6. The zero-order chi connectivity index (χ0) is 25.3. The minimum atomic E-state index is -1.19. The third kappa shape index (κ3) is 5.11. The first kappa shape index (κ1) is 24.9. The molecule has 0 heterocycles. The summed E-state index contributed by atoms with van der Waals surface area (Å²) < 4.78 is 12.0. The van der Waals surface area contributed by atoms with Crippen LogP contribution in [0.25, 0.3) is 11.1 Å². The highest BCUT2D eigenvalue weighted by Crippen LogP contribution is 2.58. The highest BCUT2D eigenvalue weighted by Gasteiger charge is 2.22. The van der Waals surface area contributed by atoms with E-state index in [0.29, 0.717) is 0 Å². The van der Waals surface area contributed by atoms with E-state index < -0.39 is 10.0 Å². The number of aryl methyl sites for hydroxylation is 5. The summed E-state index contributed by atoms with van der Waals surface area (Å²) in [4.78, 5) is 2.73. The standard InChI is InChI=1S/C32H36O2S/c1-21-9-11-26(12-10-21)27-13-15-28(16-14-27)34-32-24(4)19-30(20-25(32)5)35(7,8)29-17-22(2)31(33-6)23(3)18-29/h9-20H,1-8H3. The molecule has 0 unspecified atom stereocenters. The largest absolute Gasteiger partial charge is 0.496 e. The summed E-state index contributed by atoms with van der Waals surface area (Å²) >= 11 is 0. The predicted molar refractivity (Wildman–Crippen MR) is 151 cm³/mol. The quantitative estimate of drug-likeness (QED) is 0.271. The van der Waals surface area contributed by atoms with Crippen LogP contribution in [0.4, 0.5) is 0 Å². The average molecular weight is 485 g/mol. The van der Waals surface area contributed by atoms with Crippen molar-refractivity contribution in [3.63, 3.8) is 0 Å². The second-order valence-electron chi connectivity index (χ2n) is 9.80. The zero-order valence-electron chi connectivity index (χ0n) is 22.2. The predicted octanol–water partition coefficient (Wildman–Crippen LogP) is 9.18. The molecule has 0 fully saturated rings. The number of methoxy groups -OCH3 is 1. The maximum absolute atomic E-state index is 6.38. The molecule has 0 saturated carbocycles. The van der Waals surface area contributed by atoms with Gasteiger partial charge >= 0.3 is 0 Å². The van der Waals surface area contributed by atoms with Crippen molar-refractivity contribution in [3.8, 4) is 28.4 Å². The minimum Gasteiger partial charge on any atom is -0.496 e. The summed E-state index contributed by atoms with van der Waals surface area (Å²) in [6.45, 7) is 10.7. The molecule has 35 heavy (non-hydrogen) atoms. The fourth-order valence-electron chi connectivity index (χ4n) is 4.61. The van der Waals surface area contributed by atoms with E-state index in [-0.39, 0.29) is 0 Å². The second kappa shape index (κ2) is 9.83. The van der Waals surface area contributed by atoms with Crippen molar-refractivity contribution >= 4 is 10.0 Å². The molecule has 0 aromatic heterocycles. The second-order valence-corrected chi connectivity index (χ2v) is 13.4. The summed E-state index contributed by atoms with van der Waals surface area (Å²) in [5, 5.41) is 0. The van der Waals surface area contributed by atoms with Crippen molar-refractivity contribution in [2.75, 3.05) is 19.6 Å². The van der Waals surface area contributed by atoms with E-state index in [9.17, 15) is 0 Å². The number of ether oxygens (including phenoxy) is 2. The van der Waals surface area contributed by atoms with Crippen molar-refractivity contribution < 1.29 is 9.47 Å². The molecule has 0 atom stereocenters. The molecule has 0 spiro atoms. The Morgan fingerprint density at radius 1 is 0.543 bits per heavy atom. The molecule has 0 aliphatic rings. The van der Waals surface area contributed by atoms with Crippen LogP contribution in [0.15, 0.2) is 82.6 Å². The van der Waals surface area contributed by atoms with Gasteiger partial charge in [-0.3, -0.25) is 0 Å². The molecule has 0 amide bonds. The first-order valence-corrected chi connectivity index (χ1v) is 14.4. The molecule has 4 aromatic carbocycles. The zero-order valence-corrected chi connectivity index (χ0v) is 23.0. The van der Waals surface area contributed by atoms with Gasteiger partial charge in [-0.2, -0.15) is 10.0 Å². The molecule has 0 saturated heterocycles. The Kier molecular flexibility index (Phi) is 7.00. The summed E-state index contributed by atoms with van der Waals surface area (Å²) in [6, 6.07) is 26.1. The van der Waals surface area contributed by atoms with E-state index in [1.165, 1.54) is 37.6 Å². The first-order valence-electron chi connectivity index (χ1n) is 11.9. The fraction of sp³-hybridized carbons (Fsp3) is 0.250. The Labute approximate surface area is 212 Å². The van der Waals surface area contributed by atoms with Gasteiger partial charge in [-0.25, -0.2) is 0 Å². The molecule has 4 aromatic rings. The van der Waals surface area contributed by atoms with Crippen molar-refractivity contribution in [2.45, 2.75) is 44.4 Å². The summed E-state index contributed by atoms with van der Waals surface area (Å²) in [7, 11) is 0.550. The Balaban J connectivity index is 1.61. The van der Waals surface area contributed by atoms with Crippen LogP contribution >= 0.6 is 10.0 Å². The number of hydrogen-bond acceptors (Lipinski definition) is 2. The van der Waals surface area contributed by atoms with Gasteiger partial charge in [-0.1, -0.05) is 42.0 Å². The van der Waals surface area contributed by atoms with E-state index in [4.69, 9.17) is 9.47 Å². The molecule has 0 aliphatic heterocycles. The van der Waals surface area contributed by atoms with Crippen molar-refractivity contribution in [1.82, 2.24) is 0 Å². The highest BCUT2D eigenvalue weighted by atomic mass is 32.3. The van der Waals surface area contributed by atoms with Gasteiger partial charge in [0.25, 0.3) is 0 Å². The smallest absolute Gasteiger partial charge is 0.133 e. The van der Waals surface area contributed by atoms with E-state index >= 15 is 0 Å². The molecule has 0 aliphatic carbocycles. The lowest BCUT2D eigenvalue weighted by atomic mass is 10.0. The van der Waals surface area contributed by atoms with E-state index in [1.807, 2.05) is 0 Å². The van der Waals surface area contributed by atoms with Crippen molar-refractivity contribution in [3.05, 3.63) is 101 Å². The monoisotopic (exact) mass is 484 g/mol. The highest BCUT2D eigenvalue weighted by molar-refractivity contribution is 8.32. The van der Waals surface area contributed by atoms with Gasteiger partial charge < -0.3 is 9.47 Å². The fourth-order valence-corrected chi connectivity index (χ4v) is 6.77. The van der Waals surface area contributed by atoms with E-state index in [0.717, 1.165) is 28.4 Å². The third-order valence-corrected chi connectivity index (χ3v) is 9.54. The molecular formula is C32H36O2S. The van der Waals surface area contributed by atoms with Crippen LogP contribution in [0.1, 0.15) is 27.8 Å². The lowest BCUT2D eigenvalue weighted by Crippen LogP contribution is -2.02. The van der Waals surface area contributed by atoms with Gasteiger partial charge in [-0.15, -0.1) is 0 Å². The molecule has 182 valence electrons. The van der Waals surface area contributed by atoms with Crippen LogP contribution in [-0.2, 0) is 0 Å². The van der Waals surface area contributed by atoms with Gasteiger partial charge in [0, 0.05) is 0 Å². The number of benzene rings is 4. The van der Waals surface area contributed by atoms with Crippen LogP contribution < -0.4 is 9.47 Å². The van der Waals surface area contributed by atoms with E-state index in [1.54, 1.807) is 7.11 Å². The van der Waals surface area contributed by atoms with Gasteiger partial charge in [0.2, 0.25) is 0 Å². The van der Waals surface area contributed by atoms with Crippen molar-refractivity contribution in [1.29, 1.82) is 0 Å². The molecular weight excluding hydrogens is 448 g/mol. The molecule has 3 heteroatoms. The average Bonchev–Trinajstić information content (AvgIpc) is 2.82. The number of hydrogen-bond donors (Lipinski definition) is 0. The molecule has 4 rings (SSSR count). The molecule has 0 radical (unpaired) electrons. The summed E-state index contributed by atoms with van der Waals surface area (Å²) in [5.41, 5.74) is 8.36. The normalized spacial score (nSPS) is 11.9. The topological polar surface area (TPSA) is 18.5 Å². The van der Waals surface area contributed by atoms with E-state index in [2.05, 4.69) is 120 Å². The third-order valence-electron chi connectivity index (χ3n) is 6.71. The lowest BCUT2D eigenvalue weighted by Gasteiger charge is -2.34.